The first-order valence-electron chi connectivity index (χ1n) is 10.6. The molecule has 0 bridgehead atoms. The van der Waals surface area contributed by atoms with Gasteiger partial charge in [-0.15, -0.1) is 0 Å². The number of fused-ring (bicyclic) bond motifs is 2. The topological polar surface area (TPSA) is 78.4 Å². The molecule has 0 unspecified atom stereocenters. The number of benzene rings is 2. The molecule has 7 heteroatoms. The summed E-state index contributed by atoms with van der Waals surface area (Å²) >= 11 is 1.65. The Morgan fingerprint density at radius 3 is 2.77 bits per heavy atom. The molecular formula is C24H24N4O2S. The first-order chi connectivity index (χ1) is 15.1. The van der Waals surface area contributed by atoms with Crippen LogP contribution in [0.2, 0.25) is 0 Å². The predicted molar refractivity (Wildman–Crippen MR) is 121 cm³/mol. The number of hydrogen-bond acceptors (Lipinski definition) is 6. The molecule has 1 saturated heterocycles. The number of aliphatic carboxylic acids is 1. The number of carboxylic acid groups (broad SMARTS) is 1. The minimum atomic E-state index is -0.777. The summed E-state index contributed by atoms with van der Waals surface area (Å²) in [5, 5.41) is 13.4. The van der Waals surface area contributed by atoms with Crippen molar-refractivity contribution in [3.8, 4) is 0 Å². The van der Waals surface area contributed by atoms with Crippen LogP contribution < -0.4 is 5.32 Å². The number of nitrogens with one attached hydrogen (secondary N) is 1. The van der Waals surface area contributed by atoms with Crippen LogP contribution in [0.5, 0.6) is 0 Å². The second kappa shape index (κ2) is 8.69. The average Bonchev–Trinajstić information content (AvgIpc) is 2.78. The zero-order valence-corrected chi connectivity index (χ0v) is 17.9. The fourth-order valence-electron chi connectivity index (χ4n) is 4.39. The maximum atomic E-state index is 11.0. The molecule has 2 aromatic carbocycles. The van der Waals surface area contributed by atoms with Gasteiger partial charge >= 0.3 is 5.97 Å². The first kappa shape index (κ1) is 20.0. The van der Waals surface area contributed by atoms with Crippen molar-refractivity contribution in [2.24, 2.45) is 0 Å². The van der Waals surface area contributed by atoms with Crippen molar-refractivity contribution in [2.75, 3.05) is 18.4 Å². The second-order valence-electron chi connectivity index (χ2n) is 8.13. The van der Waals surface area contributed by atoms with Crippen LogP contribution in [-0.4, -0.2) is 39.0 Å². The number of anilines is 2. The molecule has 1 fully saturated rings. The van der Waals surface area contributed by atoms with Crippen molar-refractivity contribution in [3.63, 3.8) is 0 Å². The summed E-state index contributed by atoms with van der Waals surface area (Å²) in [5.41, 5.74) is 4.55. The number of piperidine rings is 1. The predicted octanol–water partition coefficient (Wildman–Crippen LogP) is 4.69. The van der Waals surface area contributed by atoms with Crippen LogP contribution >= 0.6 is 11.8 Å². The number of rotatable bonds is 5. The van der Waals surface area contributed by atoms with Crippen molar-refractivity contribution >= 4 is 29.2 Å². The van der Waals surface area contributed by atoms with Gasteiger partial charge in [0.05, 0.1) is 12.1 Å². The van der Waals surface area contributed by atoms with Crippen LogP contribution in [0.15, 0.2) is 64.8 Å². The van der Waals surface area contributed by atoms with E-state index in [1.54, 1.807) is 24.2 Å². The lowest BCUT2D eigenvalue weighted by atomic mass is 9.88. The fourth-order valence-corrected chi connectivity index (χ4v) is 5.27. The highest BCUT2D eigenvalue weighted by atomic mass is 32.2. The number of aromatic nitrogens is 2. The van der Waals surface area contributed by atoms with E-state index in [-0.39, 0.29) is 6.42 Å². The summed E-state index contributed by atoms with van der Waals surface area (Å²) in [4.78, 5) is 23.5. The van der Waals surface area contributed by atoms with Gasteiger partial charge in [-0.05, 0) is 60.7 Å². The zero-order valence-electron chi connectivity index (χ0n) is 17.1. The van der Waals surface area contributed by atoms with Crippen LogP contribution in [-0.2, 0) is 17.8 Å². The SMILES string of the molecule is O=C(O)Cc1cccc(C2CCN(Cc3ccc4c(c3)Nc3nccnc3S4)CC2)c1. The van der Waals surface area contributed by atoms with Crippen LogP contribution in [0.3, 0.4) is 0 Å². The Morgan fingerprint density at radius 1 is 1.10 bits per heavy atom. The molecule has 158 valence electrons. The van der Waals surface area contributed by atoms with Crippen LogP contribution in [0.4, 0.5) is 11.5 Å². The van der Waals surface area contributed by atoms with E-state index in [2.05, 4.69) is 50.5 Å². The summed E-state index contributed by atoms with van der Waals surface area (Å²) in [7, 11) is 0. The normalized spacial score (nSPS) is 16.3. The van der Waals surface area contributed by atoms with Crippen molar-refractivity contribution in [1.29, 1.82) is 0 Å². The van der Waals surface area contributed by atoms with E-state index in [0.717, 1.165) is 54.6 Å². The summed E-state index contributed by atoms with van der Waals surface area (Å²) in [6.07, 6.45) is 5.71. The van der Waals surface area contributed by atoms with Gasteiger partial charge in [0.2, 0.25) is 0 Å². The second-order valence-corrected chi connectivity index (χ2v) is 9.16. The quantitative estimate of drug-likeness (QED) is 0.474. The highest BCUT2D eigenvalue weighted by Crippen LogP contribution is 2.42. The zero-order chi connectivity index (χ0) is 21.2. The molecule has 6 nitrogen and oxygen atoms in total. The van der Waals surface area contributed by atoms with E-state index in [9.17, 15) is 4.79 Å². The van der Waals surface area contributed by atoms with Crippen LogP contribution in [0.1, 0.15) is 35.4 Å². The van der Waals surface area contributed by atoms with E-state index in [0.29, 0.717) is 5.92 Å². The fraction of sp³-hybridized carbons (Fsp3) is 0.292. The number of carbonyl (C=O) groups is 1. The molecule has 2 aliphatic heterocycles. The van der Waals surface area contributed by atoms with Crippen molar-refractivity contribution in [3.05, 3.63) is 71.5 Å². The number of nitrogens with zero attached hydrogens (tertiary/aromatic N) is 3. The third-order valence-corrected chi connectivity index (χ3v) is 7.01. The molecule has 0 spiro atoms. The Bertz CT molecular complexity index is 1110. The van der Waals surface area contributed by atoms with Gasteiger partial charge in [0.15, 0.2) is 5.82 Å². The number of carboxylic acids is 1. The van der Waals surface area contributed by atoms with E-state index in [4.69, 9.17) is 5.11 Å². The number of hydrogen-bond donors (Lipinski definition) is 2. The van der Waals surface area contributed by atoms with Gasteiger partial charge in [-0.1, -0.05) is 42.1 Å². The van der Waals surface area contributed by atoms with Crippen LogP contribution in [0.25, 0.3) is 0 Å². The summed E-state index contributed by atoms with van der Waals surface area (Å²) < 4.78 is 0. The highest BCUT2D eigenvalue weighted by Gasteiger charge is 2.22. The maximum absolute atomic E-state index is 11.0. The lowest BCUT2D eigenvalue weighted by Gasteiger charge is -2.32. The van der Waals surface area contributed by atoms with E-state index in [1.807, 2.05) is 12.1 Å². The third-order valence-electron chi connectivity index (χ3n) is 5.94. The third kappa shape index (κ3) is 4.57. The molecule has 1 aromatic heterocycles. The standard InChI is InChI=1S/C24H24N4O2S/c29-22(30)14-16-2-1-3-19(12-16)18-6-10-28(11-7-18)15-17-4-5-21-20(13-17)27-23-24(31-21)26-9-8-25-23/h1-5,8-9,12-13,18H,6-7,10-11,14-15H2,(H,25,27)(H,29,30). The molecule has 31 heavy (non-hydrogen) atoms. The molecule has 0 amide bonds. The van der Waals surface area contributed by atoms with Gasteiger partial charge in [0.1, 0.15) is 5.03 Å². The Labute approximate surface area is 185 Å². The van der Waals surface area contributed by atoms with Gasteiger partial charge in [-0.25, -0.2) is 9.97 Å². The smallest absolute Gasteiger partial charge is 0.307 e. The average molecular weight is 433 g/mol. The Morgan fingerprint density at radius 2 is 1.94 bits per heavy atom. The summed E-state index contributed by atoms with van der Waals surface area (Å²) in [5.74, 6) is 0.546. The lowest BCUT2D eigenvalue weighted by Crippen LogP contribution is -2.32. The maximum Gasteiger partial charge on any atom is 0.307 e. The first-order valence-corrected chi connectivity index (χ1v) is 11.4. The van der Waals surface area contributed by atoms with Crippen LogP contribution in [0, 0.1) is 0 Å². The molecule has 2 N–H and O–H groups in total. The Balaban J connectivity index is 1.20. The van der Waals surface area contributed by atoms with Gasteiger partial charge in [0, 0.05) is 23.8 Å². The minimum absolute atomic E-state index is 0.0907. The highest BCUT2D eigenvalue weighted by molar-refractivity contribution is 7.99. The monoisotopic (exact) mass is 432 g/mol. The molecule has 0 radical (unpaired) electrons. The van der Waals surface area contributed by atoms with Crippen molar-refractivity contribution < 1.29 is 9.90 Å². The summed E-state index contributed by atoms with van der Waals surface area (Å²) in [6.45, 7) is 3.02. The lowest BCUT2D eigenvalue weighted by molar-refractivity contribution is -0.136. The van der Waals surface area contributed by atoms with E-state index >= 15 is 0 Å². The molecule has 5 rings (SSSR count). The van der Waals surface area contributed by atoms with Crippen molar-refractivity contribution in [1.82, 2.24) is 14.9 Å². The Kier molecular flexibility index (Phi) is 5.61. The molecule has 0 atom stereocenters. The van der Waals surface area contributed by atoms with E-state index in [1.165, 1.54) is 16.0 Å². The van der Waals surface area contributed by atoms with Crippen molar-refractivity contribution in [2.45, 2.75) is 41.6 Å². The molecular weight excluding hydrogens is 408 g/mol. The van der Waals surface area contributed by atoms with Gasteiger partial charge in [-0.3, -0.25) is 9.69 Å². The molecule has 3 aromatic rings. The van der Waals surface area contributed by atoms with Gasteiger partial charge in [-0.2, -0.15) is 0 Å². The number of likely N-dealkylation sites (tertiary alicyclic amines) is 1. The van der Waals surface area contributed by atoms with Gasteiger partial charge in [0.25, 0.3) is 0 Å². The van der Waals surface area contributed by atoms with Gasteiger partial charge < -0.3 is 10.4 Å². The largest absolute Gasteiger partial charge is 0.481 e. The molecule has 3 heterocycles. The summed E-state index contributed by atoms with van der Waals surface area (Å²) in [6, 6.07) is 14.7. The molecule has 0 aliphatic carbocycles. The molecule has 2 aliphatic rings. The molecule has 0 saturated carbocycles. The Hall–Kier alpha value is -2.90. The van der Waals surface area contributed by atoms with E-state index < -0.39 is 5.97 Å². The minimum Gasteiger partial charge on any atom is -0.481 e.